The molecule has 3 aliphatic rings. The van der Waals surface area contributed by atoms with Gasteiger partial charge in [0.05, 0.1) is 43.6 Å². The maximum atomic E-state index is 13.4. The summed E-state index contributed by atoms with van der Waals surface area (Å²) in [5, 5.41) is 11.6. The van der Waals surface area contributed by atoms with Gasteiger partial charge in [0.1, 0.15) is 6.61 Å². The molecule has 2 aromatic carbocycles. The molecule has 7 nitrogen and oxygen atoms in total. The Morgan fingerprint density at radius 2 is 1.67 bits per heavy atom. The zero-order chi connectivity index (χ0) is 27.4. The lowest BCUT2D eigenvalue weighted by atomic mass is 9.77. The third kappa shape index (κ3) is 4.41. The van der Waals surface area contributed by atoms with Crippen LogP contribution in [-0.4, -0.2) is 60.1 Å². The second-order valence-electron chi connectivity index (χ2n) is 10.3. The fraction of sp³-hybridized carbons (Fsp3) is 0.379. The number of alkyl halides is 3. The predicted octanol–water partition coefficient (Wildman–Crippen LogP) is 5.11. The quantitative estimate of drug-likeness (QED) is 0.496. The molecule has 2 fully saturated rings. The van der Waals surface area contributed by atoms with E-state index in [0.717, 1.165) is 28.3 Å². The van der Waals surface area contributed by atoms with Crippen molar-refractivity contribution in [1.82, 2.24) is 9.88 Å². The van der Waals surface area contributed by atoms with Crippen LogP contribution in [0.1, 0.15) is 41.0 Å². The number of hydrogen-bond acceptors (Lipinski definition) is 6. The van der Waals surface area contributed by atoms with E-state index in [9.17, 15) is 23.1 Å². The monoisotopic (exact) mass is 540 g/mol. The van der Waals surface area contributed by atoms with Crippen LogP contribution in [0.3, 0.4) is 0 Å². The van der Waals surface area contributed by atoms with Crippen LogP contribution in [0, 0.1) is 0 Å². The minimum absolute atomic E-state index is 0.0486. The SMILES string of the molecule is COc1ncc(C(F)(F)F)cc1C1(O)CC2COCC(C1)N2C(=O)OCC1c2ccccc2-c2ccccc21. The van der Waals surface area contributed by atoms with Gasteiger partial charge in [-0.3, -0.25) is 4.90 Å². The van der Waals surface area contributed by atoms with E-state index in [1.807, 2.05) is 36.4 Å². The molecular formula is C29H27F3N2O5. The maximum absolute atomic E-state index is 13.4. The zero-order valence-electron chi connectivity index (χ0n) is 21.1. The first kappa shape index (κ1) is 25.6. The van der Waals surface area contributed by atoms with Crippen molar-refractivity contribution >= 4 is 6.09 Å². The van der Waals surface area contributed by atoms with Crippen molar-refractivity contribution in [2.24, 2.45) is 0 Å². The van der Waals surface area contributed by atoms with E-state index < -0.39 is 35.5 Å². The van der Waals surface area contributed by atoms with E-state index >= 15 is 0 Å². The van der Waals surface area contributed by atoms with E-state index in [2.05, 4.69) is 17.1 Å². The molecule has 1 amide bonds. The van der Waals surface area contributed by atoms with Crippen molar-refractivity contribution < 1.29 is 37.3 Å². The number of halogens is 3. The number of amides is 1. The number of benzene rings is 2. The molecule has 1 N–H and O–H groups in total. The summed E-state index contributed by atoms with van der Waals surface area (Å²) in [5.74, 6) is -0.196. The number of rotatable bonds is 4. The van der Waals surface area contributed by atoms with Crippen LogP contribution in [-0.2, 0) is 21.3 Å². The second-order valence-corrected chi connectivity index (χ2v) is 10.3. The number of aromatic nitrogens is 1. The van der Waals surface area contributed by atoms with Crippen LogP contribution in [0.4, 0.5) is 18.0 Å². The summed E-state index contributed by atoms with van der Waals surface area (Å²) in [7, 11) is 1.29. The minimum Gasteiger partial charge on any atom is -0.481 e. The number of carbonyl (C=O) groups is 1. The van der Waals surface area contributed by atoms with Crippen molar-refractivity contribution in [2.45, 2.75) is 42.6 Å². The summed E-state index contributed by atoms with van der Waals surface area (Å²) in [6, 6.07) is 15.7. The molecular weight excluding hydrogens is 513 g/mol. The van der Waals surface area contributed by atoms with Gasteiger partial charge in [-0.05, 0) is 28.3 Å². The summed E-state index contributed by atoms with van der Waals surface area (Å²) in [6.07, 6.45) is -4.58. The number of pyridine rings is 1. The van der Waals surface area contributed by atoms with Crippen molar-refractivity contribution in [1.29, 1.82) is 0 Å². The van der Waals surface area contributed by atoms with E-state index in [1.165, 1.54) is 7.11 Å². The molecule has 1 aromatic heterocycles. The van der Waals surface area contributed by atoms with Crippen LogP contribution in [0.2, 0.25) is 0 Å². The van der Waals surface area contributed by atoms with Gasteiger partial charge in [0.15, 0.2) is 0 Å². The zero-order valence-corrected chi connectivity index (χ0v) is 21.1. The highest BCUT2D eigenvalue weighted by Gasteiger charge is 2.51. The van der Waals surface area contributed by atoms with Crippen molar-refractivity contribution in [3.63, 3.8) is 0 Å². The van der Waals surface area contributed by atoms with Crippen LogP contribution in [0.25, 0.3) is 11.1 Å². The fourth-order valence-electron chi connectivity index (χ4n) is 6.27. The van der Waals surface area contributed by atoms with Crippen LogP contribution >= 0.6 is 0 Å². The molecule has 1 aliphatic carbocycles. The molecule has 0 radical (unpaired) electrons. The number of nitrogens with zero attached hydrogens (tertiary/aromatic N) is 2. The Morgan fingerprint density at radius 3 is 2.23 bits per heavy atom. The van der Waals surface area contributed by atoms with Gasteiger partial charge in [-0.1, -0.05) is 48.5 Å². The number of piperidine rings is 1. The van der Waals surface area contributed by atoms with E-state index in [0.29, 0.717) is 6.20 Å². The average Bonchev–Trinajstić information content (AvgIpc) is 3.24. The first-order chi connectivity index (χ1) is 18.7. The van der Waals surface area contributed by atoms with Gasteiger partial charge in [-0.15, -0.1) is 0 Å². The van der Waals surface area contributed by atoms with Gasteiger partial charge in [0, 0.05) is 30.5 Å². The fourth-order valence-corrected chi connectivity index (χ4v) is 6.27. The smallest absolute Gasteiger partial charge is 0.417 e. The lowest BCUT2D eigenvalue weighted by molar-refractivity contribution is -0.141. The van der Waals surface area contributed by atoms with Gasteiger partial charge >= 0.3 is 12.3 Å². The Kier molecular flexibility index (Phi) is 6.27. The highest BCUT2D eigenvalue weighted by atomic mass is 19.4. The molecule has 10 heteroatoms. The van der Waals surface area contributed by atoms with Crippen LogP contribution < -0.4 is 4.74 Å². The number of carbonyl (C=O) groups excluding carboxylic acids is 1. The van der Waals surface area contributed by atoms with Gasteiger partial charge in [0.25, 0.3) is 0 Å². The van der Waals surface area contributed by atoms with Crippen LogP contribution in [0.5, 0.6) is 5.88 Å². The van der Waals surface area contributed by atoms with Gasteiger partial charge in [-0.2, -0.15) is 13.2 Å². The minimum atomic E-state index is -4.63. The van der Waals surface area contributed by atoms with Crippen molar-refractivity contribution in [3.8, 4) is 17.0 Å². The molecule has 204 valence electrons. The maximum Gasteiger partial charge on any atom is 0.417 e. The molecule has 2 aliphatic heterocycles. The molecule has 39 heavy (non-hydrogen) atoms. The van der Waals surface area contributed by atoms with E-state index in [4.69, 9.17) is 14.2 Å². The number of morpholine rings is 1. The summed E-state index contributed by atoms with van der Waals surface area (Å²) in [6.45, 7) is 0.384. The first-order valence-electron chi connectivity index (χ1n) is 12.7. The highest BCUT2D eigenvalue weighted by Crippen LogP contribution is 2.47. The Bertz CT molecular complexity index is 1350. The van der Waals surface area contributed by atoms with Gasteiger partial charge < -0.3 is 19.3 Å². The summed E-state index contributed by atoms with van der Waals surface area (Å²) in [4.78, 5) is 18.8. The van der Waals surface area contributed by atoms with Crippen molar-refractivity contribution in [3.05, 3.63) is 83.0 Å². The lowest BCUT2D eigenvalue weighted by Gasteiger charge is -2.51. The van der Waals surface area contributed by atoms with Crippen molar-refractivity contribution in [2.75, 3.05) is 26.9 Å². The Balaban J connectivity index is 1.23. The molecule has 6 rings (SSSR count). The number of methoxy groups -OCH3 is 1. The Morgan fingerprint density at radius 1 is 1.08 bits per heavy atom. The normalized spacial score (nSPS) is 24.2. The van der Waals surface area contributed by atoms with Crippen LogP contribution in [0.15, 0.2) is 60.8 Å². The molecule has 3 heterocycles. The first-order valence-corrected chi connectivity index (χ1v) is 12.7. The number of aliphatic hydroxyl groups is 1. The molecule has 0 saturated carbocycles. The Labute approximate surface area is 223 Å². The largest absolute Gasteiger partial charge is 0.481 e. The van der Waals surface area contributed by atoms with Gasteiger partial charge in [-0.25, -0.2) is 9.78 Å². The molecule has 3 aromatic rings. The Hall–Kier alpha value is -3.63. The summed E-state index contributed by atoms with van der Waals surface area (Å²) in [5.41, 5.74) is 1.69. The van der Waals surface area contributed by atoms with E-state index in [1.54, 1.807) is 4.90 Å². The third-order valence-corrected chi connectivity index (χ3v) is 7.97. The molecule has 2 unspecified atom stereocenters. The molecule has 0 spiro atoms. The molecule has 2 saturated heterocycles. The standard InChI is InChI=1S/C29H27F3N2O5/c1-37-26-25(10-17(13-33-26)29(30,31)32)28(36)11-18-14-38-15-19(12-28)34(18)27(35)39-16-24-22-8-4-2-6-20(22)21-7-3-5-9-23(21)24/h2-10,13,18-19,24,36H,11-12,14-16H2,1H3. The number of fused-ring (bicyclic) bond motifs is 5. The average molecular weight is 541 g/mol. The lowest BCUT2D eigenvalue weighted by Crippen LogP contribution is -2.62. The highest BCUT2D eigenvalue weighted by molar-refractivity contribution is 5.79. The second kappa shape index (κ2) is 9.53. The number of hydrogen-bond donors (Lipinski definition) is 1. The van der Waals surface area contributed by atoms with Gasteiger partial charge in [0.2, 0.25) is 5.88 Å². The predicted molar refractivity (Wildman–Crippen MR) is 134 cm³/mol. The summed E-state index contributed by atoms with van der Waals surface area (Å²) >= 11 is 0. The topological polar surface area (TPSA) is 81.1 Å². The molecule has 2 atom stereocenters. The summed E-state index contributed by atoms with van der Waals surface area (Å²) < 4.78 is 57.1. The number of ether oxygens (including phenoxy) is 3. The molecule has 2 bridgehead atoms. The van der Waals surface area contributed by atoms with E-state index in [-0.39, 0.29) is 50.0 Å². The third-order valence-electron chi connectivity index (χ3n) is 7.97.